The highest BCUT2D eigenvalue weighted by atomic mass is 16.6. The first-order valence-corrected chi connectivity index (χ1v) is 6.96. The fraction of sp³-hybridized carbons (Fsp3) is 0. The van der Waals surface area contributed by atoms with E-state index in [2.05, 4.69) is 10.3 Å². The van der Waals surface area contributed by atoms with Gasteiger partial charge in [-0.05, 0) is 36.4 Å². The fourth-order valence-corrected chi connectivity index (χ4v) is 1.99. The van der Waals surface area contributed by atoms with Crippen LogP contribution in [-0.2, 0) is 0 Å². The van der Waals surface area contributed by atoms with Gasteiger partial charge in [-0.2, -0.15) is 0 Å². The molecule has 3 rings (SSSR count). The highest BCUT2D eigenvalue weighted by Gasteiger charge is 2.12. The molecule has 120 valence electrons. The molecule has 0 aliphatic carbocycles. The zero-order valence-electron chi connectivity index (χ0n) is 12.4. The van der Waals surface area contributed by atoms with Crippen molar-refractivity contribution in [2.24, 2.45) is 0 Å². The first kappa shape index (κ1) is 15.2. The molecular weight excluding hydrogens is 312 g/mol. The highest BCUT2D eigenvalue weighted by molar-refractivity contribution is 5.86. The monoisotopic (exact) mass is 325 g/mol. The molecule has 2 heterocycles. The van der Waals surface area contributed by atoms with Crippen LogP contribution in [0.15, 0.2) is 67.1 Å². The van der Waals surface area contributed by atoms with Gasteiger partial charge in [-0.15, -0.1) is 0 Å². The summed E-state index contributed by atoms with van der Waals surface area (Å²) in [4.78, 5) is 26.5. The minimum Gasteiger partial charge on any atom is -0.410 e. The van der Waals surface area contributed by atoms with E-state index in [0.717, 1.165) is 5.82 Å². The van der Waals surface area contributed by atoms with Crippen LogP contribution in [0.1, 0.15) is 0 Å². The first-order chi connectivity index (χ1) is 11.6. The van der Waals surface area contributed by atoms with Crippen LogP contribution in [0.3, 0.4) is 0 Å². The molecule has 3 aromatic rings. The largest absolute Gasteiger partial charge is 0.417 e. The van der Waals surface area contributed by atoms with Gasteiger partial charge in [0.05, 0.1) is 16.8 Å². The lowest BCUT2D eigenvalue weighted by Gasteiger charge is -2.07. The quantitative estimate of drug-likeness (QED) is 0.718. The molecule has 0 radical (unpaired) electrons. The Bertz CT molecular complexity index is 843. The van der Waals surface area contributed by atoms with Gasteiger partial charge in [0.1, 0.15) is 11.6 Å². The van der Waals surface area contributed by atoms with Crippen molar-refractivity contribution in [1.82, 2.24) is 9.55 Å². The summed E-state index contributed by atoms with van der Waals surface area (Å²) in [5.41, 5.74) is 0.515. The third-order valence-electron chi connectivity index (χ3n) is 3.13. The minimum absolute atomic E-state index is 0.0348. The molecule has 2 N–H and O–H groups in total. The maximum Gasteiger partial charge on any atom is 0.417 e. The summed E-state index contributed by atoms with van der Waals surface area (Å²) in [5, 5.41) is 11.3. The van der Waals surface area contributed by atoms with Crippen molar-refractivity contribution < 1.29 is 19.7 Å². The molecule has 0 unspecified atom stereocenters. The van der Waals surface area contributed by atoms with Crippen LogP contribution in [0, 0.1) is 4.91 Å². The SMILES string of the molecule is O=C(Nc1ccc(-n2cccc2)nc1)Oc1ccc([N+](=O)O)cc1. The number of hydrogen-bond acceptors (Lipinski definition) is 4. The number of hydrogen-bond donors (Lipinski definition) is 2. The normalized spacial score (nSPS) is 10.2. The average Bonchev–Trinajstić information content (AvgIpc) is 3.10. The number of carbonyl (C=O) groups excluding carboxylic acids is 1. The number of rotatable bonds is 4. The fourth-order valence-electron chi connectivity index (χ4n) is 1.99. The number of pyridine rings is 1. The van der Waals surface area contributed by atoms with Crippen LogP contribution in [0.4, 0.5) is 16.2 Å². The van der Waals surface area contributed by atoms with Crippen molar-refractivity contribution in [2.75, 3.05) is 5.32 Å². The maximum absolute atomic E-state index is 11.8. The van der Waals surface area contributed by atoms with Crippen molar-refractivity contribution >= 4 is 17.5 Å². The lowest BCUT2D eigenvalue weighted by atomic mass is 10.3. The Morgan fingerprint density at radius 1 is 1.12 bits per heavy atom. The molecule has 1 aromatic carbocycles. The van der Waals surface area contributed by atoms with Gasteiger partial charge < -0.3 is 9.30 Å². The predicted molar refractivity (Wildman–Crippen MR) is 84.7 cm³/mol. The molecule has 8 nitrogen and oxygen atoms in total. The number of ether oxygens (including phenoxy) is 1. The summed E-state index contributed by atoms with van der Waals surface area (Å²) in [6, 6.07) is 12.7. The number of benzene rings is 1. The van der Waals surface area contributed by atoms with Crippen molar-refractivity contribution in [1.29, 1.82) is 0 Å². The molecular formula is C16H13N4O4+. The molecule has 24 heavy (non-hydrogen) atoms. The van der Waals surface area contributed by atoms with Crippen LogP contribution < -0.4 is 10.1 Å². The van der Waals surface area contributed by atoms with Crippen molar-refractivity contribution in [2.45, 2.75) is 0 Å². The van der Waals surface area contributed by atoms with E-state index in [0.29, 0.717) is 5.69 Å². The summed E-state index contributed by atoms with van der Waals surface area (Å²) >= 11 is 0. The number of nitrogens with zero attached hydrogens (tertiary/aromatic N) is 3. The molecule has 0 aliphatic heterocycles. The first-order valence-electron chi connectivity index (χ1n) is 6.96. The molecule has 0 aliphatic rings. The van der Waals surface area contributed by atoms with Crippen LogP contribution in [0.2, 0.25) is 0 Å². The standard InChI is InChI=1S/C16H12N4O4/c21-16(24-14-6-4-13(5-7-14)20(22)23)18-12-3-8-15(17-11-12)19-9-1-2-10-19/h1-11H,(H-,18,21,22,23)/p+1. The summed E-state index contributed by atoms with van der Waals surface area (Å²) in [5.74, 6) is 0.954. The second kappa shape index (κ2) is 6.61. The molecule has 0 spiro atoms. The Hall–Kier alpha value is -3.68. The van der Waals surface area contributed by atoms with Crippen LogP contribution in [0.5, 0.6) is 5.75 Å². The lowest BCUT2D eigenvalue weighted by molar-refractivity contribution is -0.729. The Kier molecular flexibility index (Phi) is 4.19. The molecule has 0 atom stereocenters. The van der Waals surface area contributed by atoms with Crippen LogP contribution in [-0.4, -0.2) is 25.8 Å². The Balaban J connectivity index is 1.61. The molecule has 0 bridgehead atoms. The second-order valence-corrected chi connectivity index (χ2v) is 4.78. The lowest BCUT2D eigenvalue weighted by Crippen LogP contribution is -2.16. The van der Waals surface area contributed by atoms with E-state index in [-0.39, 0.29) is 16.4 Å². The van der Waals surface area contributed by atoms with E-state index in [1.807, 2.05) is 29.1 Å². The molecule has 0 fully saturated rings. The Morgan fingerprint density at radius 2 is 1.83 bits per heavy atom. The van der Waals surface area contributed by atoms with Gasteiger partial charge in [0.25, 0.3) is 4.92 Å². The minimum atomic E-state index is -0.693. The molecule has 1 amide bonds. The van der Waals surface area contributed by atoms with Crippen molar-refractivity contribution in [3.63, 3.8) is 0 Å². The van der Waals surface area contributed by atoms with Gasteiger partial charge in [0.2, 0.25) is 0 Å². The maximum atomic E-state index is 11.8. The van der Waals surface area contributed by atoms with Gasteiger partial charge in [0.15, 0.2) is 0 Å². The summed E-state index contributed by atoms with van der Waals surface area (Å²) in [7, 11) is 0. The highest BCUT2D eigenvalue weighted by Crippen LogP contribution is 2.18. The summed E-state index contributed by atoms with van der Waals surface area (Å²) in [6.45, 7) is 0. The smallest absolute Gasteiger partial charge is 0.410 e. The van der Waals surface area contributed by atoms with Gasteiger partial charge in [-0.3, -0.25) is 5.32 Å². The number of carbonyl (C=O) groups is 1. The van der Waals surface area contributed by atoms with E-state index in [9.17, 15) is 9.70 Å². The third-order valence-corrected chi connectivity index (χ3v) is 3.13. The summed E-state index contributed by atoms with van der Waals surface area (Å²) in [6.07, 6.45) is 4.55. The van der Waals surface area contributed by atoms with Crippen molar-refractivity contribution in [3.8, 4) is 11.6 Å². The van der Waals surface area contributed by atoms with Crippen LogP contribution >= 0.6 is 0 Å². The number of amides is 1. The topological polar surface area (TPSA) is 96.5 Å². The molecule has 0 saturated carbocycles. The molecule has 8 heteroatoms. The summed E-state index contributed by atoms with van der Waals surface area (Å²) < 4.78 is 6.91. The number of anilines is 1. The van der Waals surface area contributed by atoms with E-state index in [4.69, 9.17) is 9.94 Å². The van der Waals surface area contributed by atoms with E-state index in [1.54, 1.807) is 12.1 Å². The third kappa shape index (κ3) is 3.55. The Morgan fingerprint density at radius 3 is 2.42 bits per heavy atom. The molecule has 0 saturated heterocycles. The number of nitrogens with one attached hydrogen (secondary N) is 1. The zero-order valence-corrected chi connectivity index (χ0v) is 12.4. The van der Waals surface area contributed by atoms with Gasteiger partial charge in [-0.1, -0.05) is 0 Å². The zero-order chi connectivity index (χ0) is 16.9. The van der Waals surface area contributed by atoms with Gasteiger partial charge in [-0.25, -0.2) is 15.0 Å². The van der Waals surface area contributed by atoms with E-state index in [1.165, 1.54) is 30.5 Å². The van der Waals surface area contributed by atoms with Gasteiger partial charge in [0, 0.05) is 24.5 Å². The Labute approximate surface area is 136 Å². The van der Waals surface area contributed by atoms with Crippen molar-refractivity contribution in [3.05, 3.63) is 72.0 Å². The van der Waals surface area contributed by atoms with Gasteiger partial charge >= 0.3 is 11.8 Å². The predicted octanol–water partition coefficient (Wildman–Crippen LogP) is 3.28. The molecule has 2 aromatic heterocycles. The van der Waals surface area contributed by atoms with E-state index < -0.39 is 6.09 Å². The van der Waals surface area contributed by atoms with E-state index >= 15 is 0 Å². The second-order valence-electron chi connectivity index (χ2n) is 4.78. The number of aromatic nitrogens is 2. The van der Waals surface area contributed by atoms with Crippen LogP contribution in [0.25, 0.3) is 5.82 Å². The average molecular weight is 325 g/mol.